The molecule has 3 nitrogen and oxygen atoms in total. The predicted molar refractivity (Wildman–Crippen MR) is 90.3 cm³/mol. The lowest BCUT2D eigenvalue weighted by atomic mass is 9.95. The van der Waals surface area contributed by atoms with E-state index in [1.165, 1.54) is 0 Å². The van der Waals surface area contributed by atoms with Gasteiger partial charge in [-0.05, 0) is 46.4 Å². The summed E-state index contributed by atoms with van der Waals surface area (Å²) >= 11 is 7.26. The maximum Gasteiger partial charge on any atom is 0.417 e. The number of nitrogens with two attached hydrogens (primary N) is 1. The molecule has 2 rings (SSSR count). The van der Waals surface area contributed by atoms with Crippen molar-refractivity contribution in [2.24, 2.45) is 0 Å². The maximum absolute atomic E-state index is 13.5. The molecule has 0 radical (unpaired) electrons. The average Bonchev–Trinajstić information content (AvgIpc) is 2.50. The van der Waals surface area contributed by atoms with E-state index in [1.54, 1.807) is 22.6 Å². The Hall–Kier alpha value is -1.55. The van der Waals surface area contributed by atoms with Crippen LogP contribution in [0.4, 0.5) is 23.2 Å². The first kappa shape index (κ1) is 18.8. The molecule has 0 fully saturated rings. The molecular weight excluding hydrogens is 465 g/mol. The smallest absolute Gasteiger partial charge is 0.417 e. The molecule has 2 N–H and O–H groups in total. The van der Waals surface area contributed by atoms with Crippen LogP contribution in [-0.4, -0.2) is 13.1 Å². The highest BCUT2D eigenvalue weighted by Gasteiger charge is 2.37. The molecule has 0 saturated carbocycles. The fourth-order valence-electron chi connectivity index (χ4n) is 2.10. The zero-order valence-electron chi connectivity index (χ0n) is 12.0. The van der Waals surface area contributed by atoms with Crippen molar-refractivity contribution in [2.75, 3.05) is 12.8 Å². The first-order chi connectivity index (χ1) is 11.1. The molecule has 0 aliphatic rings. The lowest BCUT2D eigenvalue weighted by Crippen LogP contribution is -2.15. The van der Waals surface area contributed by atoms with Crippen LogP contribution in [0.15, 0.2) is 24.3 Å². The number of esters is 1. The van der Waals surface area contributed by atoms with Crippen LogP contribution in [0.1, 0.15) is 15.9 Å². The van der Waals surface area contributed by atoms with Gasteiger partial charge < -0.3 is 10.5 Å². The lowest BCUT2D eigenvalue weighted by Gasteiger charge is -2.19. The SMILES string of the molecule is COC(=O)c1cc(C(F)(F)F)c(-c2ccc(F)c(Cl)c2)c(I)c1N. The van der Waals surface area contributed by atoms with Gasteiger partial charge in [0.05, 0.1) is 28.9 Å². The molecule has 0 spiro atoms. The summed E-state index contributed by atoms with van der Waals surface area (Å²) < 4.78 is 58.2. The van der Waals surface area contributed by atoms with Crippen molar-refractivity contribution in [1.82, 2.24) is 0 Å². The second-order valence-electron chi connectivity index (χ2n) is 4.69. The number of hydrogen-bond acceptors (Lipinski definition) is 3. The van der Waals surface area contributed by atoms with Crippen LogP contribution in [0.5, 0.6) is 0 Å². The highest BCUT2D eigenvalue weighted by Crippen LogP contribution is 2.43. The van der Waals surface area contributed by atoms with Gasteiger partial charge in [-0.15, -0.1) is 0 Å². The van der Waals surface area contributed by atoms with E-state index >= 15 is 0 Å². The molecule has 0 bridgehead atoms. The topological polar surface area (TPSA) is 52.3 Å². The Morgan fingerprint density at radius 2 is 1.92 bits per heavy atom. The minimum Gasteiger partial charge on any atom is -0.465 e. The van der Waals surface area contributed by atoms with Gasteiger partial charge in [0.2, 0.25) is 0 Å². The Morgan fingerprint density at radius 3 is 2.42 bits per heavy atom. The number of hydrogen-bond donors (Lipinski definition) is 1. The predicted octanol–water partition coefficient (Wildman–Crippen LogP) is 5.14. The Kier molecular flexibility index (Phi) is 5.28. The number of alkyl halides is 3. The minimum absolute atomic E-state index is 0.00880. The van der Waals surface area contributed by atoms with E-state index in [1.807, 2.05) is 0 Å². The number of anilines is 1. The summed E-state index contributed by atoms with van der Waals surface area (Å²) in [4.78, 5) is 11.7. The zero-order valence-corrected chi connectivity index (χ0v) is 14.9. The van der Waals surface area contributed by atoms with Gasteiger partial charge in [-0.25, -0.2) is 9.18 Å². The van der Waals surface area contributed by atoms with E-state index in [2.05, 4.69) is 4.74 Å². The molecule has 2 aromatic carbocycles. The summed E-state index contributed by atoms with van der Waals surface area (Å²) in [6.07, 6.45) is -4.77. The fourth-order valence-corrected chi connectivity index (χ4v) is 3.17. The van der Waals surface area contributed by atoms with E-state index < -0.39 is 29.1 Å². The molecule has 0 aromatic heterocycles. The van der Waals surface area contributed by atoms with Gasteiger partial charge >= 0.3 is 12.1 Å². The molecular formula is C15H9ClF4INO2. The number of ether oxygens (including phenoxy) is 1. The van der Waals surface area contributed by atoms with Gasteiger partial charge in [0.15, 0.2) is 0 Å². The van der Waals surface area contributed by atoms with Crippen LogP contribution in [-0.2, 0) is 10.9 Å². The number of methoxy groups -OCH3 is 1. The van der Waals surface area contributed by atoms with Gasteiger partial charge in [-0.1, -0.05) is 17.7 Å². The van der Waals surface area contributed by atoms with Crippen molar-refractivity contribution >= 4 is 45.8 Å². The van der Waals surface area contributed by atoms with Crippen molar-refractivity contribution in [1.29, 1.82) is 0 Å². The molecule has 0 saturated heterocycles. The van der Waals surface area contributed by atoms with Crippen molar-refractivity contribution in [3.8, 4) is 11.1 Å². The first-order valence-electron chi connectivity index (χ1n) is 6.30. The molecule has 0 amide bonds. The zero-order chi connectivity index (χ0) is 18.2. The normalized spacial score (nSPS) is 11.5. The van der Waals surface area contributed by atoms with Gasteiger partial charge in [0.1, 0.15) is 5.82 Å². The molecule has 24 heavy (non-hydrogen) atoms. The maximum atomic E-state index is 13.5. The van der Waals surface area contributed by atoms with Crippen molar-refractivity contribution in [3.05, 3.63) is 49.8 Å². The van der Waals surface area contributed by atoms with E-state index in [9.17, 15) is 22.4 Å². The van der Waals surface area contributed by atoms with E-state index in [-0.39, 0.29) is 25.4 Å². The molecule has 0 aliphatic heterocycles. The van der Waals surface area contributed by atoms with Crippen molar-refractivity contribution < 1.29 is 27.1 Å². The second-order valence-corrected chi connectivity index (χ2v) is 6.18. The van der Waals surface area contributed by atoms with Crippen LogP contribution in [0.3, 0.4) is 0 Å². The highest BCUT2D eigenvalue weighted by atomic mass is 127. The first-order valence-corrected chi connectivity index (χ1v) is 7.76. The Labute approximate surface area is 152 Å². The number of carbonyl (C=O) groups is 1. The number of nitrogen functional groups attached to an aromatic ring is 1. The summed E-state index contributed by atoms with van der Waals surface area (Å²) in [6.45, 7) is 0. The summed E-state index contributed by atoms with van der Waals surface area (Å²) in [5.74, 6) is -1.75. The summed E-state index contributed by atoms with van der Waals surface area (Å²) in [7, 11) is 1.04. The van der Waals surface area contributed by atoms with Gasteiger partial charge in [-0.3, -0.25) is 0 Å². The molecule has 2 aromatic rings. The number of benzene rings is 2. The molecule has 9 heteroatoms. The third kappa shape index (κ3) is 3.44. The van der Waals surface area contributed by atoms with Crippen LogP contribution in [0.25, 0.3) is 11.1 Å². The van der Waals surface area contributed by atoms with Crippen LogP contribution in [0, 0.1) is 9.39 Å². The molecule has 0 atom stereocenters. The van der Waals surface area contributed by atoms with Crippen LogP contribution in [0.2, 0.25) is 5.02 Å². The van der Waals surface area contributed by atoms with E-state index in [0.717, 1.165) is 25.3 Å². The summed E-state index contributed by atoms with van der Waals surface area (Å²) in [5.41, 5.74) is 3.89. The van der Waals surface area contributed by atoms with Gasteiger partial charge in [-0.2, -0.15) is 13.2 Å². The fraction of sp³-hybridized carbons (Fsp3) is 0.133. The second kappa shape index (κ2) is 6.75. The van der Waals surface area contributed by atoms with E-state index in [0.29, 0.717) is 6.07 Å². The summed E-state index contributed by atoms with van der Waals surface area (Å²) in [5, 5.41) is -0.327. The van der Waals surface area contributed by atoms with Crippen molar-refractivity contribution in [2.45, 2.75) is 6.18 Å². The Morgan fingerprint density at radius 1 is 1.29 bits per heavy atom. The number of carbonyl (C=O) groups excluding carboxylic acids is 1. The van der Waals surface area contributed by atoms with Gasteiger partial charge in [0, 0.05) is 9.13 Å². The van der Waals surface area contributed by atoms with Crippen molar-refractivity contribution in [3.63, 3.8) is 0 Å². The van der Waals surface area contributed by atoms with E-state index in [4.69, 9.17) is 17.3 Å². The summed E-state index contributed by atoms with van der Waals surface area (Å²) in [6, 6.07) is 3.81. The molecule has 0 heterocycles. The lowest BCUT2D eigenvalue weighted by molar-refractivity contribution is -0.137. The largest absolute Gasteiger partial charge is 0.465 e. The number of halogens is 6. The molecule has 0 unspecified atom stereocenters. The molecule has 128 valence electrons. The quantitative estimate of drug-likeness (QED) is 0.284. The Balaban J connectivity index is 2.86. The van der Waals surface area contributed by atoms with Crippen LogP contribution >= 0.6 is 34.2 Å². The standard InChI is InChI=1S/C15H9ClF4INO2/c1-24-14(23)7-5-8(15(18,19)20)11(12(21)13(7)22)6-2-3-10(17)9(16)4-6/h2-5H,22H2,1H3. The highest BCUT2D eigenvalue weighted by molar-refractivity contribution is 14.1. The number of rotatable bonds is 2. The molecule has 0 aliphatic carbocycles. The Bertz CT molecular complexity index is 824. The van der Waals surface area contributed by atoms with Crippen LogP contribution < -0.4 is 5.73 Å². The van der Waals surface area contributed by atoms with Gasteiger partial charge in [0.25, 0.3) is 0 Å². The third-order valence-electron chi connectivity index (χ3n) is 3.22. The average molecular weight is 474 g/mol. The third-order valence-corrected chi connectivity index (χ3v) is 4.63. The monoisotopic (exact) mass is 473 g/mol. The minimum atomic E-state index is -4.77.